The van der Waals surface area contributed by atoms with Crippen LogP contribution in [0.15, 0.2) is 36.7 Å². The average molecular weight is 258 g/mol. The standard InChI is InChI=1S/C11H9F3N2O2/c12-11(13,14)18-8-3-1-7(2-4-8)9(17)10-15-5-6-16-10/h1-6,9,17H,(H,15,16). The predicted octanol–water partition coefficient (Wildman–Crippen LogP) is 2.39. The van der Waals surface area contributed by atoms with Crippen LogP contribution < -0.4 is 4.74 Å². The third kappa shape index (κ3) is 3.01. The van der Waals surface area contributed by atoms with Crippen LogP contribution in [-0.2, 0) is 0 Å². The molecule has 2 N–H and O–H groups in total. The molecule has 1 aromatic heterocycles. The van der Waals surface area contributed by atoms with Gasteiger partial charge in [0.1, 0.15) is 17.7 Å². The van der Waals surface area contributed by atoms with Crippen molar-refractivity contribution in [2.75, 3.05) is 0 Å². The summed E-state index contributed by atoms with van der Waals surface area (Å²) in [6.07, 6.45) is -2.72. The number of nitrogens with one attached hydrogen (secondary N) is 1. The third-order valence-electron chi connectivity index (χ3n) is 2.21. The molecule has 18 heavy (non-hydrogen) atoms. The number of H-pyrrole nitrogens is 1. The van der Waals surface area contributed by atoms with Gasteiger partial charge in [-0.05, 0) is 17.7 Å². The quantitative estimate of drug-likeness (QED) is 0.888. The molecule has 7 heteroatoms. The molecule has 0 aliphatic heterocycles. The van der Waals surface area contributed by atoms with Crippen molar-refractivity contribution in [3.8, 4) is 5.75 Å². The fraction of sp³-hybridized carbons (Fsp3) is 0.182. The Morgan fingerprint density at radius 1 is 1.22 bits per heavy atom. The lowest BCUT2D eigenvalue weighted by Crippen LogP contribution is -2.17. The molecular formula is C11H9F3N2O2. The molecular weight excluding hydrogens is 249 g/mol. The lowest BCUT2D eigenvalue weighted by atomic mass is 10.1. The molecule has 0 saturated carbocycles. The van der Waals surface area contributed by atoms with E-state index in [2.05, 4.69) is 14.7 Å². The van der Waals surface area contributed by atoms with Crippen LogP contribution >= 0.6 is 0 Å². The number of imidazole rings is 1. The fourth-order valence-corrected chi connectivity index (χ4v) is 1.44. The van der Waals surface area contributed by atoms with Gasteiger partial charge in [-0.2, -0.15) is 0 Å². The second-order valence-electron chi connectivity index (χ2n) is 3.49. The Morgan fingerprint density at radius 3 is 2.39 bits per heavy atom. The summed E-state index contributed by atoms with van der Waals surface area (Å²) in [5.74, 6) is -0.0163. The lowest BCUT2D eigenvalue weighted by Gasteiger charge is -2.11. The number of aromatic amines is 1. The van der Waals surface area contributed by atoms with Crippen LogP contribution in [0.4, 0.5) is 13.2 Å². The maximum Gasteiger partial charge on any atom is 0.573 e. The van der Waals surface area contributed by atoms with Crippen LogP contribution in [0.2, 0.25) is 0 Å². The molecule has 1 atom stereocenters. The molecule has 0 aliphatic rings. The van der Waals surface area contributed by atoms with Crippen molar-refractivity contribution >= 4 is 0 Å². The van der Waals surface area contributed by atoms with Gasteiger partial charge in [-0.15, -0.1) is 13.2 Å². The van der Waals surface area contributed by atoms with Gasteiger partial charge in [-0.3, -0.25) is 0 Å². The second-order valence-corrected chi connectivity index (χ2v) is 3.49. The van der Waals surface area contributed by atoms with Gasteiger partial charge in [0, 0.05) is 12.4 Å². The highest BCUT2D eigenvalue weighted by Crippen LogP contribution is 2.25. The minimum absolute atomic E-state index is 0.319. The molecule has 0 amide bonds. The molecule has 1 unspecified atom stereocenters. The highest BCUT2D eigenvalue weighted by Gasteiger charge is 2.31. The summed E-state index contributed by atoms with van der Waals surface area (Å²) in [6.45, 7) is 0. The van der Waals surface area contributed by atoms with E-state index < -0.39 is 12.5 Å². The Labute approximate surface area is 100 Å². The topological polar surface area (TPSA) is 58.1 Å². The number of aliphatic hydroxyl groups is 1. The van der Waals surface area contributed by atoms with E-state index in [-0.39, 0.29) is 5.75 Å². The second kappa shape index (κ2) is 4.69. The molecule has 0 spiro atoms. The molecule has 4 nitrogen and oxygen atoms in total. The molecule has 1 heterocycles. The van der Waals surface area contributed by atoms with Gasteiger partial charge < -0.3 is 14.8 Å². The Balaban J connectivity index is 2.13. The summed E-state index contributed by atoms with van der Waals surface area (Å²) < 4.78 is 39.5. The smallest absolute Gasteiger partial charge is 0.406 e. The number of hydrogen-bond acceptors (Lipinski definition) is 3. The average Bonchev–Trinajstić information content (AvgIpc) is 2.80. The third-order valence-corrected chi connectivity index (χ3v) is 2.21. The van der Waals surface area contributed by atoms with Crippen LogP contribution in [0.1, 0.15) is 17.5 Å². The van der Waals surface area contributed by atoms with E-state index in [9.17, 15) is 18.3 Å². The first-order valence-corrected chi connectivity index (χ1v) is 4.99. The molecule has 0 bridgehead atoms. The zero-order chi connectivity index (χ0) is 13.2. The number of ether oxygens (including phenoxy) is 1. The summed E-state index contributed by atoms with van der Waals surface area (Å²) >= 11 is 0. The van der Waals surface area contributed by atoms with Gasteiger partial charge in [0.2, 0.25) is 0 Å². The first kappa shape index (κ1) is 12.4. The molecule has 2 aromatic rings. The van der Waals surface area contributed by atoms with Crippen molar-refractivity contribution in [3.63, 3.8) is 0 Å². The van der Waals surface area contributed by atoms with Gasteiger partial charge >= 0.3 is 6.36 Å². The molecule has 96 valence electrons. The fourth-order valence-electron chi connectivity index (χ4n) is 1.44. The summed E-state index contributed by atoms with van der Waals surface area (Å²) in [7, 11) is 0. The Bertz CT molecular complexity index is 494. The zero-order valence-corrected chi connectivity index (χ0v) is 8.98. The molecule has 0 saturated heterocycles. The van der Waals surface area contributed by atoms with Crippen LogP contribution in [0.25, 0.3) is 0 Å². The molecule has 0 radical (unpaired) electrons. The van der Waals surface area contributed by atoms with Crippen molar-refractivity contribution in [1.82, 2.24) is 9.97 Å². The van der Waals surface area contributed by atoms with Crippen molar-refractivity contribution in [2.24, 2.45) is 0 Å². The maximum atomic E-state index is 11.9. The maximum absolute atomic E-state index is 11.9. The normalized spacial score (nSPS) is 13.3. The van der Waals surface area contributed by atoms with Crippen LogP contribution in [0.5, 0.6) is 5.75 Å². The van der Waals surface area contributed by atoms with Crippen molar-refractivity contribution in [3.05, 3.63) is 48.0 Å². The largest absolute Gasteiger partial charge is 0.573 e. The minimum Gasteiger partial charge on any atom is -0.406 e. The number of hydrogen-bond donors (Lipinski definition) is 2. The summed E-state index contributed by atoms with van der Waals surface area (Å²) in [4.78, 5) is 6.57. The van der Waals surface area contributed by atoms with Gasteiger partial charge in [-0.25, -0.2) is 4.98 Å². The molecule has 0 fully saturated rings. The van der Waals surface area contributed by atoms with Gasteiger partial charge in [-0.1, -0.05) is 12.1 Å². The number of nitrogens with zero attached hydrogens (tertiary/aromatic N) is 1. The Morgan fingerprint density at radius 2 is 1.89 bits per heavy atom. The van der Waals surface area contributed by atoms with Crippen LogP contribution in [0.3, 0.4) is 0 Å². The van der Waals surface area contributed by atoms with Crippen LogP contribution in [0, 0.1) is 0 Å². The molecule has 1 aromatic carbocycles. The minimum atomic E-state index is -4.72. The number of rotatable bonds is 3. The van der Waals surface area contributed by atoms with Crippen LogP contribution in [-0.4, -0.2) is 21.4 Å². The van der Waals surface area contributed by atoms with Gasteiger partial charge in [0.15, 0.2) is 0 Å². The molecule has 0 aliphatic carbocycles. The zero-order valence-electron chi connectivity index (χ0n) is 8.98. The van der Waals surface area contributed by atoms with Gasteiger partial charge in [0.05, 0.1) is 0 Å². The van der Waals surface area contributed by atoms with Crippen molar-refractivity contribution in [1.29, 1.82) is 0 Å². The monoisotopic (exact) mass is 258 g/mol. The summed E-state index contributed by atoms with van der Waals surface area (Å²) in [5.41, 5.74) is 0.416. The number of halogens is 3. The first-order chi connectivity index (χ1) is 8.46. The Kier molecular flexibility index (Phi) is 3.24. The van der Waals surface area contributed by atoms with E-state index in [1.165, 1.54) is 18.3 Å². The lowest BCUT2D eigenvalue weighted by molar-refractivity contribution is -0.274. The predicted molar refractivity (Wildman–Crippen MR) is 55.8 cm³/mol. The van der Waals surface area contributed by atoms with Gasteiger partial charge in [0.25, 0.3) is 0 Å². The van der Waals surface area contributed by atoms with Crippen molar-refractivity contribution in [2.45, 2.75) is 12.5 Å². The highest BCUT2D eigenvalue weighted by molar-refractivity contribution is 5.30. The number of aliphatic hydroxyl groups excluding tert-OH is 1. The van der Waals surface area contributed by atoms with E-state index in [1.54, 1.807) is 6.20 Å². The molecule has 2 rings (SSSR count). The van der Waals surface area contributed by atoms with E-state index >= 15 is 0 Å². The first-order valence-electron chi connectivity index (χ1n) is 4.99. The number of alkyl halides is 3. The highest BCUT2D eigenvalue weighted by atomic mass is 19.4. The summed E-state index contributed by atoms with van der Waals surface area (Å²) in [5, 5.41) is 9.85. The summed E-state index contributed by atoms with van der Waals surface area (Å²) in [6, 6.07) is 4.95. The van der Waals surface area contributed by atoms with Crippen molar-refractivity contribution < 1.29 is 23.0 Å². The number of aromatic nitrogens is 2. The Hall–Kier alpha value is -2.02. The number of benzene rings is 1. The SMILES string of the molecule is OC(c1ccc(OC(F)(F)F)cc1)c1ncc[nH]1. The van der Waals surface area contributed by atoms with E-state index in [0.717, 1.165) is 12.1 Å². The van der Waals surface area contributed by atoms with E-state index in [0.29, 0.717) is 11.4 Å². The van der Waals surface area contributed by atoms with E-state index in [1.807, 2.05) is 0 Å². The van der Waals surface area contributed by atoms with E-state index in [4.69, 9.17) is 0 Å².